The molecule has 1 aliphatic rings. The zero-order chi connectivity index (χ0) is 41.9. The Morgan fingerprint density at radius 1 is 0.422 bits per heavy atom. The first-order valence-electron chi connectivity index (χ1n) is 21.6. The number of furan rings is 2. The second-order valence-corrected chi connectivity index (χ2v) is 16.5. The van der Waals surface area contributed by atoms with Crippen molar-refractivity contribution in [2.75, 3.05) is 0 Å². The zero-order valence-corrected chi connectivity index (χ0v) is 34.2. The number of nitrogens with zero attached hydrogens (tertiary/aromatic N) is 4. The van der Waals surface area contributed by atoms with Crippen LogP contribution in [0.5, 0.6) is 0 Å². The highest BCUT2D eigenvalue weighted by Gasteiger charge is 2.29. The van der Waals surface area contributed by atoms with Gasteiger partial charge in [-0.3, -0.25) is 0 Å². The van der Waals surface area contributed by atoms with Gasteiger partial charge in [-0.15, -0.1) is 0 Å². The van der Waals surface area contributed by atoms with E-state index in [9.17, 15) is 0 Å². The van der Waals surface area contributed by atoms with Gasteiger partial charge in [-0.05, 0) is 60.2 Å². The van der Waals surface area contributed by atoms with E-state index in [4.69, 9.17) is 18.8 Å². The number of hydrogen-bond acceptors (Lipinski definition) is 5. The van der Waals surface area contributed by atoms with Gasteiger partial charge >= 0.3 is 0 Å². The number of benzene rings is 9. The van der Waals surface area contributed by atoms with Gasteiger partial charge in [-0.2, -0.15) is 0 Å². The van der Waals surface area contributed by atoms with E-state index in [2.05, 4.69) is 178 Å². The Morgan fingerprint density at radius 2 is 1.02 bits per heavy atom. The van der Waals surface area contributed by atoms with Crippen LogP contribution in [0.25, 0.3) is 98.9 Å². The SMILES string of the molecule is c1ccc(C2=NC(c3ccccc3)NC(c3ccc4c(oc5c(-n6c7ccccc7c7c8oc9ccccc9c8ccc76)cccc54)c3-n3c4ccccc4c4ccccc43)=N2)cc1. The fraction of sp³-hybridized carbons (Fsp3) is 0.0175. The lowest BCUT2D eigenvalue weighted by Crippen LogP contribution is -2.34. The summed E-state index contributed by atoms with van der Waals surface area (Å²) in [5.74, 6) is 1.37. The largest absolute Gasteiger partial charge is 0.455 e. The van der Waals surface area contributed by atoms with Crippen LogP contribution in [0.2, 0.25) is 0 Å². The maximum absolute atomic E-state index is 7.47. The molecule has 0 radical (unpaired) electrons. The Bertz CT molecular complexity index is 4060. The molecule has 13 aromatic rings. The summed E-state index contributed by atoms with van der Waals surface area (Å²) in [5, 5.41) is 12.5. The number of amidine groups is 2. The van der Waals surface area contributed by atoms with Gasteiger partial charge in [-0.1, -0.05) is 146 Å². The molecule has 0 saturated carbocycles. The van der Waals surface area contributed by atoms with E-state index in [0.717, 1.165) is 116 Å². The molecule has 0 saturated heterocycles. The molecule has 5 heterocycles. The number of hydrogen-bond donors (Lipinski definition) is 1. The summed E-state index contributed by atoms with van der Waals surface area (Å²) in [4.78, 5) is 10.5. The molecule has 1 atom stereocenters. The second kappa shape index (κ2) is 13.4. The molecule has 1 N–H and O–H groups in total. The van der Waals surface area contributed by atoms with Crippen molar-refractivity contribution in [3.05, 3.63) is 217 Å². The molecule has 9 aromatic carbocycles. The number of para-hydroxylation sites is 5. The summed E-state index contributed by atoms with van der Waals surface area (Å²) in [6.07, 6.45) is -0.374. The van der Waals surface area contributed by atoms with E-state index in [-0.39, 0.29) is 6.17 Å². The lowest BCUT2D eigenvalue weighted by molar-refractivity contribution is 0.661. The van der Waals surface area contributed by atoms with Crippen LogP contribution in [0.1, 0.15) is 22.9 Å². The Morgan fingerprint density at radius 3 is 1.78 bits per heavy atom. The number of rotatable bonds is 5. The maximum Gasteiger partial charge on any atom is 0.160 e. The van der Waals surface area contributed by atoms with Crippen molar-refractivity contribution in [1.29, 1.82) is 0 Å². The van der Waals surface area contributed by atoms with E-state index in [1.807, 2.05) is 36.4 Å². The van der Waals surface area contributed by atoms with Crippen molar-refractivity contribution in [2.45, 2.75) is 6.17 Å². The monoisotopic (exact) mass is 821 g/mol. The lowest BCUT2D eigenvalue weighted by Gasteiger charge is -2.25. The van der Waals surface area contributed by atoms with Crippen molar-refractivity contribution < 1.29 is 8.83 Å². The van der Waals surface area contributed by atoms with E-state index >= 15 is 0 Å². The quantitative estimate of drug-likeness (QED) is 0.188. The Hall–Kier alpha value is -8.68. The van der Waals surface area contributed by atoms with Crippen LogP contribution in [0.4, 0.5) is 0 Å². The Kier molecular flexibility index (Phi) is 7.33. The third kappa shape index (κ3) is 4.97. The van der Waals surface area contributed by atoms with Gasteiger partial charge in [0.25, 0.3) is 0 Å². The number of fused-ring (bicyclic) bond motifs is 13. The van der Waals surface area contributed by atoms with Crippen molar-refractivity contribution in [3.8, 4) is 11.4 Å². The summed E-state index contributed by atoms with van der Waals surface area (Å²) in [7, 11) is 0. The molecule has 7 heteroatoms. The highest BCUT2D eigenvalue weighted by molar-refractivity contribution is 6.25. The standard InChI is InChI=1S/C57H35N5O2/c1-3-16-34(17-4-1)55-58-56(35-18-5-2-6-19-35)60-57(59-55)43-31-30-41-39-24-15-28-48(52(39)64-54(41)51(43)62-44-25-11-7-20-36(44)37-21-8-12-26-45(37)62)61-46-27-13-9-23-42(46)50-47(61)33-32-40-38-22-10-14-29-49(38)63-53(40)50/h1-33,55H,(H,58,59,60). The van der Waals surface area contributed by atoms with Crippen LogP contribution in [0.3, 0.4) is 0 Å². The minimum atomic E-state index is -0.374. The molecule has 0 fully saturated rings. The first-order valence-corrected chi connectivity index (χ1v) is 21.6. The molecule has 0 aliphatic carbocycles. The molecule has 0 amide bonds. The second-order valence-electron chi connectivity index (χ2n) is 16.5. The molecule has 14 rings (SSSR count). The average molecular weight is 822 g/mol. The van der Waals surface area contributed by atoms with Gasteiger partial charge < -0.3 is 23.3 Å². The fourth-order valence-corrected chi connectivity index (χ4v) is 10.2. The minimum absolute atomic E-state index is 0.374. The number of nitrogens with one attached hydrogen (secondary N) is 1. The van der Waals surface area contributed by atoms with Gasteiger partial charge in [0.2, 0.25) is 0 Å². The predicted molar refractivity (Wildman–Crippen MR) is 262 cm³/mol. The summed E-state index contributed by atoms with van der Waals surface area (Å²) < 4.78 is 18.8. The lowest BCUT2D eigenvalue weighted by atomic mass is 10.0. The van der Waals surface area contributed by atoms with Crippen LogP contribution in [-0.4, -0.2) is 20.8 Å². The summed E-state index contributed by atoms with van der Waals surface area (Å²) in [6, 6.07) is 70.0. The zero-order valence-electron chi connectivity index (χ0n) is 34.2. The molecule has 7 nitrogen and oxygen atoms in total. The first kappa shape index (κ1) is 35.0. The van der Waals surface area contributed by atoms with E-state index < -0.39 is 0 Å². The maximum atomic E-state index is 7.47. The van der Waals surface area contributed by atoms with E-state index in [0.29, 0.717) is 11.7 Å². The van der Waals surface area contributed by atoms with Gasteiger partial charge in [0, 0.05) is 48.8 Å². The highest BCUT2D eigenvalue weighted by atomic mass is 16.3. The van der Waals surface area contributed by atoms with Crippen LogP contribution in [-0.2, 0) is 0 Å². The fourth-order valence-electron chi connectivity index (χ4n) is 10.2. The molecule has 4 aromatic heterocycles. The summed E-state index contributed by atoms with van der Waals surface area (Å²) >= 11 is 0. The van der Waals surface area contributed by atoms with Crippen molar-refractivity contribution in [1.82, 2.24) is 14.5 Å². The first-order chi connectivity index (χ1) is 31.8. The molecular formula is C57H35N5O2. The molecule has 0 spiro atoms. The number of aromatic nitrogens is 2. The topological polar surface area (TPSA) is 72.9 Å². The van der Waals surface area contributed by atoms with Gasteiger partial charge in [0.05, 0.1) is 33.1 Å². The molecule has 300 valence electrons. The van der Waals surface area contributed by atoms with Gasteiger partial charge in [0.15, 0.2) is 17.0 Å². The average Bonchev–Trinajstić information content (AvgIpc) is 4.12. The van der Waals surface area contributed by atoms with Crippen molar-refractivity contribution in [2.24, 2.45) is 9.98 Å². The molecule has 1 aliphatic heterocycles. The smallest absolute Gasteiger partial charge is 0.160 e. The van der Waals surface area contributed by atoms with Crippen LogP contribution in [0.15, 0.2) is 219 Å². The van der Waals surface area contributed by atoms with Crippen LogP contribution in [0, 0.1) is 0 Å². The molecular weight excluding hydrogens is 787 g/mol. The van der Waals surface area contributed by atoms with Crippen LogP contribution < -0.4 is 5.32 Å². The predicted octanol–water partition coefficient (Wildman–Crippen LogP) is 14.2. The third-order valence-electron chi connectivity index (χ3n) is 13.0. The van der Waals surface area contributed by atoms with Crippen molar-refractivity contribution >= 4 is 99.2 Å². The summed E-state index contributed by atoms with van der Waals surface area (Å²) in [6.45, 7) is 0. The van der Waals surface area contributed by atoms with E-state index in [1.54, 1.807) is 0 Å². The normalized spacial score (nSPS) is 14.4. The number of aliphatic imine (C=N–C) groups is 2. The highest BCUT2D eigenvalue weighted by Crippen LogP contribution is 2.45. The third-order valence-corrected chi connectivity index (χ3v) is 13.0. The Labute approximate surface area is 365 Å². The molecule has 64 heavy (non-hydrogen) atoms. The Balaban J connectivity index is 1.08. The van der Waals surface area contributed by atoms with Gasteiger partial charge in [-0.25, -0.2) is 9.98 Å². The van der Waals surface area contributed by atoms with Crippen LogP contribution >= 0.6 is 0 Å². The summed E-state index contributed by atoms with van der Waals surface area (Å²) in [5.41, 5.74) is 12.3. The molecule has 1 unspecified atom stereocenters. The van der Waals surface area contributed by atoms with E-state index in [1.165, 1.54) is 0 Å². The van der Waals surface area contributed by atoms with Crippen molar-refractivity contribution in [3.63, 3.8) is 0 Å². The minimum Gasteiger partial charge on any atom is -0.455 e. The van der Waals surface area contributed by atoms with Gasteiger partial charge in [0.1, 0.15) is 28.9 Å². The molecule has 0 bridgehead atoms.